The van der Waals surface area contributed by atoms with Crippen LogP contribution in [0.1, 0.15) is 20.8 Å². The van der Waals surface area contributed by atoms with Gasteiger partial charge in [0.25, 0.3) is 0 Å². The Bertz CT molecular complexity index is 731. The van der Waals surface area contributed by atoms with E-state index in [-0.39, 0.29) is 11.4 Å². The third-order valence-corrected chi connectivity index (χ3v) is 5.15. The van der Waals surface area contributed by atoms with E-state index in [1.807, 2.05) is 6.07 Å². The van der Waals surface area contributed by atoms with Crippen molar-refractivity contribution in [1.29, 1.82) is 0 Å². The summed E-state index contributed by atoms with van der Waals surface area (Å²) >= 11 is 0. The standard InChI is InChI=1S/C15H20N2O3S/c1-4-17(11-15(2,3)18)21(19,20)14-7-5-6-12-10-16-9-8-13(12)14/h5-10,18H,4,11H2,1-3H3. The molecule has 1 aromatic carbocycles. The molecule has 2 rings (SSSR count). The molecule has 0 radical (unpaired) electrons. The smallest absolute Gasteiger partial charge is 0.243 e. The van der Waals surface area contributed by atoms with E-state index in [4.69, 9.17) is 0 Å². The molecule has 0 fully saturated rings. The first-order chi connectivity index (χ1) is 9.75. The van der Waals surface area contributed by atoms with Gasteiger partial charge < -0.3 is 5.11 Å². The topological polar surface area (TPSA) is 70.5 Å². The van der Waals surface area contributed by atoms with Crippen LogP contribution in [-0.4, -0.2) is 41.5 Å². The molecule has 0 aliphatic rings. The summed E-state index contributed by atoms with van der Waals surface area (Å²) in [7, 11) is -3.67. The first kappa shape index (κ1) is 15.9. The molecule has 0 aliphatic carbocycles. The van der Waals surface area contributed by atoms with Gasteiger partial charge in [-0.15, -0.1) is 0 Å². The monoisotopic (exact) mass is 308 g/mol. The van der Waals surface area contributed by atoms with Crippen LogP contribution in [0.15, 0.2) is 41.6 Å². The quantitative estimate of drug-likeness (QED) is 0.917. The molecule has 0 saturated heterocycles. The van der Waals surface area contributed by atoms with Gasteiger partial charge in [0, 0.05) is 36.3 Å². The van der Waals surface area contributed by atoms with E-state index < -0.39 is 15.6 Å². The summed E-state index contributed by atoms with van der Waals surface area (Å²) in [5, 5.41) is 11.3. The number of fused-ring (bicyclic) bond motifs is 1. The molecule has 1 heterocycles. The second-order valence-corrected chi connectivity index (χ2v) is 7.50. The predicted molar refractivity (Wildman–Crippen MR) is 82.5 cm³/mol. The lowest BCUT2D eigenvalue weighted by molar-refractivity contribution is 0.0601. The van der Waals surface area contributed by atoms with Gasteiger partial charge in [0.2, 0.25) is 10.0 Å². The van der Waals surface area contributed by atoms with Gasteiger partial charge in [-0.3, -0.25) is 4.98 Å². The summed E-state index contributed by atoms with van der Waals surface area (Å²) in [4.78, 5) is 4.26. The fraction of sp³-hybridized carbons (Fsp3) is 0.400. The van der Waals surface area contributed by atoms with Crippen LogP contribution in [-0.2, 0) is 10.0 Å². The average Bonchev–Trinajstić information content (AvgIpc) is 2.43. The summed E-state index contributed by atoms with van der Waals surface area (Å²) in [6, 6.07) is 6.81. The van der Waals surface area contributed by atoms with Gasteiger partial charge in [-0.2, -0.15) is 4.31 Å². The molecule has 1 aromatic heterocycles. The minimum atomic E-state index is -3.67. The highest BCUT2D eigenvalue weighted by Gasteiger charge is 2.29. The van der Waals surface area contributed by atoms with E-state index in [2.05, 4.69) is 4.98 Å². The summed E-state index contributed by atoms with van der Waals surface area (Å²) in [6.45, 7) is 5.30. The molecule has 5 nitrogen and oxygen atoms in total. The van der Waals surface area contributed by atoms with Gasteiger partial charge in [-0.1, -0.05) is 19.1 Å². The number of pyridine rings is 1. The fourth-order valence-corrected chi connectivity index (χ4v) is 4.07. The summed E-state index contributed by atoms with van der Waals surface area (Å²) < 4.78 is 27.0. The highest BCUT2D eigenvalue weighted by Crippen LogP contribution is 2.25. The van der Waals surface area contributed by atoms with Crippen molar-refractivity contribution >= 4 is 20.8 Å². The molecule has 21 heavy (non-hydrogen) atoms. The van der Waals surface area contributed by atoms with Crippen molar-refractivity contribution in [3.8, 4) is 0 Å². The summed E-state index contributed by atoms with van der Waals surface area (Å²) in [5.74, 6) is 0. The van der Waals surface area contributed by atoms with Crippen molar-refractivity contribution in [2.75, 3.05) is 13.1 Å². The molecule has 0 unspecified atom stereocenters. The van der Waals surface area contributed by atoms with Gasteiger partial charge in [-0.05, 0) is 26.0 Å². The fourth-order valence-electron chi connectivity index (χ4n) is 2.26. The SMILES string of the molecule is CCN(CC(C)(C)O)S(=O)(=O)c1cccc2cnccc12. The Morgan fingerprint density at radius 1 is 1.29 bits per heavy atom. The van der Waals surface area contributed by atoms with Crippen molar-refractivity contribution in [1.82, 2.24) is 9.29 Å². The van der Waals surface area contributed by atoms with Crippen molar-refractivity contribution in [3.05, 3.63) is 36.7 Å². The van der Waals surface area contributed by atoms with Crippen molar-refractivity contribution in [2.24, 2.45) is 0 Å². The molecule has 6 heteroatoms. The highest BCUT2D eigenvalue weighted by molar-refractivity contribution is 7.89. The lowest BCUT2D eigenvalue weighted by Gasteiger charge is -2.27. The molecule has 1 N–H and O–H groups in total. The Hall–Kier alpha value is -1.50. The van der Waals surface area contributed by atoms with Crippen LogP contribution in [0.4, 0.5) is 0 Å². The molecule has 0 aliphatic heterocycles. The maximum atomic E-state index is 12.8. The molecule has 0 bridgehead atoms. The lowest BCUT2D eigenvalue weighted by Crippen LogP contribution is -2.42. The highest BCUT2D eigenvalue weighted by atomic mass is 32.2. The van der Waals surface area contributed by atoms with Crippen molar-refractivity contribution in [3.63, 3.8) is 0 Å². The van der Waals surface area contributed by atoms with Crippen LogP contribution >= 0.6 is 0 Å². The maximum Gasteiger partial charge on any atom is 0.243 e. The zero-order valence-corrected chi connectivity index (χ0v) is 13.3. The largest absolute Gasteiger partial charge is 0.389 e. The third kappa shape index (κ3) is 3.40. The third-order valence-electron chi connectivity index (χ3n) is 3.17. The van der Waals surface area contributed by atoms with Crippen molar-refractivity contribution in [2.45, 2.75) is 31.3 Å². The Balaban J connectivity index is 2.55. The van der Waals surface area contributed by atoms with Crippen molar-refractivity contribution < 1.29 is 13.5 Å². The number of sulfonamides is 1. The van der Waals surface area contributed by atoms with Crippen LogP contribution in [0.5, 0.6) is 0 Å². The molecular formula is C15H20N2O3S. The molecule has 114 valence electrons. The Morgan fingerprint density at radius 3 is 2.62 bits per heavy atom. The van der Waals surface area contributed by atoms with E-state index in [0.29, 0.717) is 11.9 Å². The zero-order valence-electron chi connectivity index (χ0n) is 12.4. The Labute approximate surface area is 125 Å². The number of aromatic nitrogens is 1. The first-order valence-corrected chi connectivity index (χ1v) is 8.25. The van der Waals surface area contributed by atoms with Gasteiger partial charge in [-0.25, -0.2) is 8.42 Å². The van der Waals surface area contributed by atoms with Gasteiger partial charge in [0.15, 0.2) is 0 Å². The molecule has 0 spiro atoms. The number of hydrogen-bond donors (Lipinski definition) is 1. The second-order valence-electron chi connectivity index (χ2n) is 5.60. The van der Waals surface area contributed by atoms with Gasteiger partial charge in [0.1, 0.15) is 0 Å². The van der Waals surface area contributed by atoms with Crippen LogP contribution < -0.4 is 0 Å². The zero-order chi connectivity index (χ0) is 15.7. The minimum absolute atomic E-state index is 0.0489. The lowest BCUT2D eigenvalue weighted by atomic mass is 10.1. The molecule has 2 aromatic rings. The van der Waals surface area contributed by atoms with E-state index in [1.54, 1.807) is 51.4 Å². The van der Waals surface area contributed by atoms with Gasteiger partial charge >= 0.3 is 0 Å². The Morgan fingerprint density at radius 2 is 2.00 bits per heavy atom. The number of aliphatic hydroxyl groups is 1. The van der Waals surface area contributed by atoms with Crippen LogP contribution in [0.25, 0.3) is 10.8 Å². The van der Waals surface area contributed by atoms with E-state index in [1.165, 1.54) is 4.31 Å². The average molecular weight is 308 g/mol. The normalized spacial score (nSPS) is 13.0. The van der Waals surface area contributed by atoms with E-state index in [0.717, 1.165) is 5.39 Å². The summed E-state index contributed by atoms with van der Waals surface area (Å²) in [6.07, 6.45) is 3.22. The molecule has 0 atom stereocenters. The minimum Gasteiger partial charge on any atom is -0.389 e. The first-order valence-electron chi connectivity index (χ1n) is 6.81. The van der Waals surface area contributed by atoms with Gasteiger partial charge in [0.05, 0.1) is 10.5 Å². The number of hydrogen-bond acceptors (Lipinski definition) is 4. The second kappa shape index (κ2) is 5.71. The van der Waals surface area contributed by atoms with E-state index in [9.17, 15) is 13.5 Å². The van der Waals surface area contributed by atoms with Crippen LogP contribution in [0.2, 0.25) is 0 Å². The molecule has 0 saturated carbocycles. The number of benzene rings is 1. The molecule has 0 amide bonds. The van der Waals surface area contributed by atoms with E-state index >= 15 is 0 Å². The Kier molecular flexibility index (Phi) is 4.32. The molecular weight excluding hydrogens is 288 g/mol. The number of nitrogens with zero attached hydrogens (tertiary/aromatic N) is 2. The van der Waals surface area contributed by atoms with Crippen LogP contribution in [0, 0.1) is 0 Å². The number of likely N-dealkylation sites (N-methyl/N-ethyl adjacent to an activating group) is 1. The predicted octanol–water partition coefficient (Wildman–Crippen LogP) is 2.02. The number of rotatable bonds is 5. The maximum absolute atomic E-state index is 12.8. The van der Waals surface area contributed by atoms with Crippen LogP contribution in [0.3, 0.4) is 0 Å². The summed E-state index contributed by atoms with van der Waals surface area (Å²) in [5.41, 5.74) is -1.09.